The summed E-state index contributed by atoms with van der Waals surface area (Å²) >= 11 is 3.57. The highest BCUT2D eigenvalue weighted by Crippen LogP contribution is 2.33. The van der Waals surface area contributed by atoms with Crippen molar-refractivity contribution in [2.24, 2.45) is 0 Å². The number of carbonyl (C=O) groups excluding carboxylic acids is 1. The van der Waals surface area contributed by atoms with Crippen LogP contribution in [0.2, 0.25) is 0 Å². The van der Waals surface area contributed by atoms with Gasteiger partial charge in [0.05, 0.1) is 5.25 Å². The van der Waals surface area contributed by atoms with Gasteiger partial charge in [-0.1, -0.05) is 6.92 Å². The van der Waals surface area contributed by atoms with Crippen LogP contribution in [0.1, 0.15) is 22.8 Å². The summed E-state index contributed by atoms with van der Waals surface area (Å²) in [4.78, 5) is 12.4. The molecule has 0 N–H and O–H groups in total. The molecule has 1 fully saturated rings. The fourth-order valence-electron chi connectivity index (χ4n) is 1.98. The molecule has 1 nitrogen and oxygen atoms in total. The largest absolute Gasteiger partial charge is 0.293 e. The summed E-state index contributed by atoms with van der Waals surface area (Å²) in [6.45, 7) is 3.89. The molecule has 1 aromatic carbocycles. The van der Waals surface area contributed by atoms with Gasteiger partial charge in [0.15, 0.2) is 5.78 Å². The Bertz CT molecular complexity index is 433. The van der Waals surface area contributed by atoms with E-state index in [9.17, 15) is 9.18 Å². The first-order chi connectivity index (χ1) is 8.09. The molecule has 0 amide bonds. The van der Waals surface area contributed by atoms with E-state index in [0.29, 0.717) is 10.8 Å². The van der Waals surface area contributed by atoms with Gasteiger partial charge in [0.25, 0.3) is 0 Å². The number of carbonyl (C=O) groups is 1. The maximum absolute atomic E-state index is 13.0. The number of aryl methyl sites for hydroxylation is 1. The van der Waals surface area contributed by atoms with Crippen LogP contribution in [0.25, 0.3) is 0 Å². The third-order valence-corrected chi connectivity index (χ3v) is 5.99. The van der Waals surface area contributed by atoms with Gasteiger partial charge in [-0.15, -0.1) is 11.8 Å². The molecule has 2 atom stereocenters. The first kappa shape index (κ1) is 13.0. The van der Waals surface area contributed by atoms with Crippen molar-refractivity contribution in [2.75, 3.05) is 11.5 Å². The molecule has 0 aliphatic carbocycles. The fourth-order valence-corrected chi connectivity index (χ4v) is 4.69. The van der Waals surface area contributed by atoms with Crippen molar-refractivity contribution in [3.63, 3.8) is 0 Å². The number of thioether (sulfide) groups is 2. The van der Waals surface area contributed by atoms with Crippen molar-refractivity contribution in [1.29, 1.82) is 0 Å². The predicted octanol–water partition coefficient (Wildman–Crippen LogP) is 3.55. The zero-order chi connectivity index (χ0) is 12.4. The summed E-state index contributed by atoms with van der Waals surface area (Å²) in [5, 5.41) is 0.351. The highest BCUT2D eigenvalue weighted by atomic mass is 32.2. The van der Waals surface area contributed by atoms with E-state index in [1.165, 1.54) is 12.1 Å². The minimum absolute atomic E-state index is 0.0120. The van der Waals surface area contributed by atoms with Gasteiger partial charge in [0.2, 0.25) is 0 Å². The van der Waals surface area contributed by atoms with Gasteiger partial charge < -0.3 is 0 Å². The van der Waals surface area contributed by atoms with E-state index in [2.05, 4.69) is 6.92 Å². The molecule has 0 saturated carbocycles. The van der Waals surface area contributed by atoms with Crippen LogP contribution in [0.4, 0.5) is 4.39 Å². The lowest BCUT2D eigenvalue weighted by Gasteiger charge is -2.27. The second-order valence-electron chi connectivity index (χ2n) is 4.19. The van der Waals surface area contributed by atoms with Crippen LogP contribution in [0.15, 0.2) is 18.2 Å². The Morgan fingerprint density at radius 1 is 1.35 bits per heavy atom. The third-order valence-electron chi connectivity index (χ3n) is 2.90. The lowest BCUT2D eigenvalue weighted by molar-refractivity contribution is 0.0989. The maximum atomic E-state index is 13.0. The van der Waals surface area contributed by atoms with Crippen molar-refractivity contribution in [2.45, 2.75) is 24.3 Å². The molecule has 0 radical (unpaired) electrons. The number of Topliss-reactive ketones (excluding diaryl/α,β-unsaturated/α-hetero) is 1. The van der Waals surface area contributed by atoms with Crippen molar-refractivity contribution in [1.82, 2.24) is 0 Å². The van der Waals surface area contributed by atoms with E-state index in [1.807, 2.05) is 11.8 Å². The molecular formula is C13H15FOS2. The topological polar surface area (TPSA) is 17.1 Å². The standard InChI is InChI=1S/C13H15FOS2/c1-8-7-10(14)3-4-11(8)12(15)13-9(2)16-5-6-17-13/h3-4,7,9,13H,5-6H2,1-2H3. The third kappa shape index (κ3) is 2.86. The first-order valence-electron chi connectivity index (χ1n) is 5.63. The molecule has 1 aliphatic heterocycles. The van der Waals surface area contributed by atoms with Crippen molar-refractivity contribution in [3.05, 3.63) is 35.1 Å². The molecule has 1 aliphatic rings. The number of rotatable bonds is 2. The Morgan fingerprint density at radius 2 is 2.06 bits per heavy atom. The smallest absolute Gasteiger partial charge is 0.177 e. The number of benzene rings is 1. The maximum Gasteiger partial charge on any atom is 0.177 e. The summed E-state index contributed by atoms with van der Waals surface area (Å²) in [7, 11) is 0. The van der Waals surface area contributed by atoms with Crippen LogP contribution in [0.5, 0.6) is 0 Å². The molecule has 0 bridgehead atoms. The lowest BCUT2D eigenvalue weighted by atomic mass is 10.0. The second-order valence-corrected chi connectivity index (χ2v) is 6.93. The molecule has 1 saturated heterocycles. The van der Waals surface area contributed by atoms with Gasteiger partial charge in [-0.3, -0.25) is 4.79 Å². The van der Waals surface area contributed by atoms with Crippen LogP contribution < -0.4 is 0 Å². The Labute approximate surface area is 110 Å². The summed E-state index contributed by atoms with van der Waals surface area (Å²) in [6.07, 6.45) is 0. The highest BCUT2D eigenvalue weighted by molar-refractivity contribution is 8.07. The van der Waals surface area contributed by atoms with Gasteiger partial charge in [-0.25, -0.2) is 4.39 Å². The molecule has 0 spiro atoms. The van der Waals surface area contributed by atoms with E-state index >= 15 is 0 Å². The Hall–Kier alpha value is -0.480. The quantitative estimate of drug-likeness (QED) is 0.765. The Balaban J connectivity index is 2.24. The molecule has 2 unspecified atom stereocenters. The molecule has 92 valence electrons. The molecule has 4 heteroatoms. The second kappa shape index (κ2) is 5.44. The van der Waals surface area contributed by atoms with E-state index in [-0.39, 0.29) is 16.9 Å². The van der Waals surface area contributed by atoms with E-state index < -0.39 is 0 Å². The molecular weight excluding hydrogens is 255 g/mol. The molecule has 0 aromatic heterocycles. The molecule has 2 rings (SSSR count). The number of hydrogen-bond donors (Lipinski definition) is 0. The SMILES string of the molecule is Cc1cc(F)ccc1C(=O)C1SCCSC1C. The fraction of sp³-hybridized carbons (Fsp3) is 0.462. The molecule has 1 aromatic rings. The van der Waals surface area contributed by atoms with Crippen LogP contribution in [-0.2, 0) is 0 Å². The average molecular weight is 270 g/mol. The van der Waals surface area contributed by atoms with Gasteiger partial charge >= 0.3 is 0 Å². The normalized spacial score (nSPS) is 24.6. The average Bonchev–Trinajstić information content (AvgIpc) is 2.29. The molecule has 1 heterocycles. The first-order valence-corrected chi connectivity index (χ1v) is 7.73. The number of hydrogen-bond acceptors (Lipinski definition) is 3. The molecule has 17 heavy (non-hydrogen) atoms. The van der Waals surface area contributed by atoms with E-state index in [4.69, 9.17) is 0 Å². The number of halogens is 1. The Morgan fingerprint density at radius 3 is 2.71 bits per heavy atom. The Kier molecular flexibility index (Phi) is 4.15. The predicted molar refractivity (Wildman–Crippen MR) is 73.6 cm³/mol. The van der Waals surface area contributed by atoms with Crippen LogP contribution in [-0.4, -0.2) is 27.8 Å². The van der Waals surface area contributed by atoms with Crippen molar-refractivity contribution in [3.8, 4) is 0 Å². The highest BCUT2D eigenvalue weighted by Gasteiger charge is 2.30. The van der Waals surface area contributed by atoms with Crippen LogP contribution in [0.3, 0.4) is 0 Å². The van der Waals surface area contributed by atoms with Gasteiger partial charge in [-0.2, -0.15) is 11.8 Å². The zero-order valence-electron chi connectivity index (χ0n) is 9.90. The summed E-state index contributed by atoms with van der Waals surface area (Å²) in [5.41, 5.74) is 1.40. The summed E-state index contributed by atoms with van der Waals surface area (Å²) < 4.78 is 13.0. The number of ketones is 1. The van der Waals surface area contributed by atoms with Gasteiger partial charge in [0, 0.05) is 22.3 Å². The van der Waals surface area contributed by atoms with Crippen molar-refractivity contribution >= 4 is 29.3 Å². The summed E-state index contributed by atoms with van der Waals surface area (Å²) in [5.74, 6) is 1.99. The summed E-state index contributed by atoms with van der Waals surface area (Å²) in [6, 6.07) is 4.41. The monoisotopic (exact) mass is 270 g/mol. The van der Waals surface area contributed by atoms with E-state index in [0.717, 1.165) is 17.1 Å². The minimum Gasteiger partial charge on any atom is -0.293 e. The van der Waals surface area contributed by atoms with Gasteiger partial charge in [0.1, 0.15) is 5.82 Å². The van der Waals surface area contributed by atoms with Crippen molar-refractivity contribution < 1.29 is 9.18 Å². The van der Waals surface area contributed by atoms with Crippen LogP contribution >= 0.6 is 23.5 Å². The van der Waals surface area contributed by atoms with E-state index in [1.54, 1.807) is 24.8 Å². The van der Waals surface area contributed by atoms with Crippen LogP contribution in [0, 0.1) is 12.7 Å². The zero-order valence-corrected chi connectivity index (χ0v) is 11.5. The van der Waals surface area contributed by atoms with Gasteiger partial charge in [-0.05, 0) is 30.7 Å². The minimum atomic E-state index is -0.280. The lowest BCUT2D eigenvalue weighted by Crippen LogP contribution is -2.31.